The number of piperazine rings is 1. The predicted molar refractivity (Wildman–Crippen MR) is 112 cm³/mol. The summed E-state index contributed by atoms with van der Waals surface area (Å²) in [5, 5.41) is 3.40. The summed E-state index contributed by atoms with van der Waals surface area (Å²) < 4.78 is 0. The van der Waals surface area contributed by atoms with Gasteiger partial charge in [0.25, 0.3) is 5.91 Å². The highest BCUT2D eigenvalue weighted by Crippen LogP contribution is 2.18. The first kappa shape index (κ1) is 18.3. The number of para-hydroxylation sites is 1. The first-order valence-corrected chi connectivity index (χ1v) is 9.51. The lowest BCUT2D eigenvalue weighted by Crippen LogP contribution is -2.47. The first-order valence-electron chi connectivity index (χ1n) is 9.13. The Balaban J connectivity index is 1.35. The van der Waals surface area contributed by atoms with Crippen molar-refractivity contribution >= 4 is 34.8 Å². The van der Waals surface area contributed by atoms with Crippen LogP contribution < -0.4 is 15.1 Å². The van der Waals surface area contributed by atoms with Crippen molar-refractivity contribution in [1.29, 1.82) is 0 Å². The van der Waals surface area contributed by atoms with Gasteiger partial charge in [0.15, 0.2) is 0 Å². The molecule has 1 N–H and O–H groups in total. The number of carbonyl (C=O) groups excluding carboxylic acids is 1. The molecule has 4 rings (SSSR count). The van der Waals surface area contributed by atoms with Gasteiger partial charge in [-0.3, -0.25) is 4.79 Å². The number of carbonyl (C=O) groups is 1. The van der Waals surface area contributed by atoms with Gasteiger partial charge in [0.2, 0.25) is 5.95 Å². The molecule has 7 heteroatoms. The Morgan fingerprint density at radius 2 is 1.46 bits per heavy atom. The van der Waals surface area contributed by atoms with Gasteiger partial charge in [-0.2, -0.15) is 0 Å². The van der Waals surface area contributed by atoms with Gasteiger partial charge in [0, 0.05) is 42.5 Å². The van der Waals surface area contributed by atoms with Crippen molar-refractivity contribution in [2.75, 3.05) is 41.3 Å². The maximum Gasteiger partial charge on any atom is 0.255 e. The number of aromatic nitrogens is 2. The maximum absolute atomic E-state index is 12.3. The Bertz CT molecular complexity index is 923. The second-order valence-corrected chi connectivity index (χ2v) is 6.98. The van der Waals surface area contributed by atoms with E-state index in [9.17, 15) is 4.79 Å². The van der Waals surface area contributed by atoms with Crippen molar-refractivity contribution in [2.45, 2.75) is 0 Å². The second-order valence-electron chi connectivity index (χ2n) is 6.54. The fourth-order valence-electron chi connectivity index (χ4n) is 3.16. The molecule has 0 atom stereocenters. The molecule has 0 unspecified atom stereocenters. The summed E-state index contributed by atoms with van der Waals surface area (Å²) in [6, 6.07) is 17.1. The number of anilines is 3. The van der Waals surface area contributed by atoms with Crippen molar-refractivity contribution in [1.82, 2.24) is 9.97 Å². The fraction of sp³-hybridized carbons (Fsp3) is 0.190. The summed E-state index contributed by atoms with van der Waals surface area (Å²) >= 11 is 5.85. The largest absolute Gasteiger partial charge is 0.368 e. The van der Waals surface area contributed by atoms with E-state index >= 15 is 0 Å². The van der Waals surface area contributed by atoms with Gasteiger partial charge >= 0.3 is 0 Å². The number of halogens is 1. The Hall–Kier alpha value is -3.12. The van der Waals surface area contributed by atoms with Crippen LogP contribution in [0.4, 0.5) is 17.3 Å². The lowest BCUT2D eigenvalue weighted by atomic mass is 10.2. The summed E-state index contributed by atoms with van der Waals surface area (Å²) in [6.07, 6.45) is 3.28. The third kappa shape index (κ3) is 4.23. The third-order valence-corrected chi connectivity index (χ3v) is 4.94. The standard InChI is InChI=1S/C21H20ClN5O/c22-17-8-6-16(7-9-17)20(28)25-18-14-23-21(24-15-18)27-12-10-26(11-13-27)19-4-2-1-3-5-19/h1-9,14-15H,10-13H2,(H,25,28). The molecule has 1 aliphatic rings. The highest BCUT2D eigenvalue weighted by atomic mass is 35.5. The summed E-state index contributed by atoms with van der Waals surface area (Å²) in [6.45, 7) is 3.54. The molecule has 2 heterocycles. The molecular weight excluding hydrogens is 374 g/mol. The SMILES string of the molecule is O=C(Nc1cnc(N2CCN(c3ccccc3)CC2)nc1)c1ccc(Cl)cc1. The minimum absolute atomic E-state index is 0.218. The number of amides is 1. The molecule has 28 heavy (non-hydrogen) atoms. The first-order chi connectivity index (χ1) is 13.7. The van der Waals surface area contributed by atoms with E-state index in [1.807, 2.05) is 6.07 Å². The highest BCUT2D eigenvalue weighted by Gasteiger charge is 2.19. The molecule has 3 aromatic rings. The monoisotopic (exact) mass is 393 g/mol. The Labute approximate surface area is 168 Å². The molecule has 0 saturated carbocycles. The third-order valence-electron chi connectivity index (χ3n) is 4.69. The second kappa shape index (κ2) is 8.27. The van der Waals surface area contributed by atoms with E-state index in [2.05, 4.69) is 49.4 Å². The van der Waals surface area contributed by atoms with Gasteiger partial charge in [-0.05, 0) is 36.4 Å². The van der Waals surface area contributed by atoms with Crippen LogP contribution in [0.25, 0.3) is 0 Å². The van der Waals surface area contributed by atoms with Gasteiger partial charge in [-0.1, -0.05) is 29.8 Å². The molecule has 142 valence electrons. The van der Waals surface area contributed by atoms with Gasteiger partial charge in [0.1, 0.15) is 0 Å². The molecule has 2 aromatic carbocycles. The molecular formula is C21H20ClN5O. The summed E-state index contributed by atoms with van der Waals surface area (Å²) in [4.78, 5) is 25.6. The van der Waals surface area contributed by atoms with Crippen molar-refractivity contribution < 1.29 is 4.79 Å². The zero-order chi connectivity index (χ0) is 19.3. The van der Waals surface area contributed by atoms with Crippen LogP contribution >= 0.6 is 11.6 Å². The highest BCUT2D eigenvalue weighted by molar-refractivity contribution is 6.30. The van der Waals surface area contributed by atoms with Crippen LogP contribution in [-0.2, 0) is 0 Å². The predicted octanol–water partition coefficient (Wildman–Crippen LogP) is 3.71. The van der Waals surface area contributed by atoms with E-state index in [4.69, 9.17) is 11.6 Å². The molecule has 1 amide bonds. The Kier molecular flexibility index (Phi) is 5.39. The summed E-state index contributed by atoms with van der Waals surface area (Å²) in [5.74, 6) is 0.460. The quantitative estimate of drug-likeness (QED) is 0.732. The zero-order valence-electron chi connectivity index (χ0n) is 15.3. The van der Waals surface area contributed by atoms with Gasteiger partial charge in [-0.15, -0.1) is 0 Å². The van der Waals surface area contributed by atoms with E-state index in [1.165, 1.54) is 5.69 Å². The minimum atomic E-state index is -0.218. The topological polar surface area (TPSA) is 61.4 Å². The van der Waals surface area contributed by atoms with Crippen LogP contribution in [0.15, 0.2) is 67.0 Å². The van der Waals surface area contributed by atoms with Crippen LogP contribution in [0.2, 0.25) is 5.02 Å². The van der Waals surface area contributed by atoms with Crippen LogP contribution in [0.5, 0.6) is 0 Å². The number of benzene rings is 2. The molecule has 0 spiro atoms. The molecule has 1 aromatic heterocycles. The van der Waals surface area contributed by atoms with Crippen molar-refractivity contribution in [3.05, 3.63) is 77.6 Å². The fourth-order valence-corrected chi connectivity index (χ4v) is 3.28. The lowest BCUT2D eigenvalue weighted by molar-refractivity contribution is 0.102. The van der Waals surface area contributed by atoms with E-state index in [-0.39, 0.29) is 5.91 Å². The average Bonchev–Trinajstić information content (AvgIpc) is 2.75. The number of hydrogen-bond acceptors (Lipinski definition) is 5. The Morgan fingerprint density at radius 1 is 0.857 bits per heavy atom. The summed E-state index contributed by atoms with van der Waals surface area (Å²) in [5.41, 5.74) is 2.33. The molecule has 0 aliphatic carbocycles. The van der Waals surface area contributed by atoms with Crippen LogP contribution in [0.1, 0.15) is 10.4 Å². The van der Waals surface area contributed by atoms with Crippen molar-refractivity contribution in [2.24, 2.45) is 0 Å². The lowest BCUT2D eigenvalue weighted by Gasteiger charge is -2.36. The van der Waals surface area contributed by atoms with Crippen molar-refractivity contribution in [3.8, 4) is 0 Å². The minimum Gasteiger partial charge on any atom is -0.368 e. The number of nitrogens with zero attached hydrogens (tertiary/aromatic N) is 4. The van der Waals surface area contributed by atoms with Gasteiger partial charge < -0.3 is 15.1 Å². The van der Waals surface area contributed by atoms with Crippen LogP contribution in [0, 0.1) is 0 Å². The van der Waals surface area contributed by atoms with Gasteiger partial charge in [-0.25, -0.2) is 9.97 Å². The van der Waals surface area contributed by atoms with Crippen molar-refractivity contribution in [3.63, 3.8) is 0 Å². The maximum atomic E-state index is 12.3. The molecule has 1 saturated heterocycles. The molecule has 0 radical (unpaired) electrons. The molecule has 6 nitrogen and oxygen atoms in total. The smallest absolute Gasteiger partial charge is 0.255 e. The number of nitrogens with one attached hydrogen (secondary N) is 1. The normalized spacial score (nSPS) is 14.0. The number of hydrogen-bond donors (Lipinski definition) is 1. The van der Waals surface area contributed by atoms with E-state index in [0.29, 0.717) is 22.2 Å². The van der Waals surface area contributed by atoms with Gasteiger partial charge in [0.05, 0.1) is 18.1 Å². The molecule has 0 bridgehead atoms. The zero-order valence-corrected chi connectivity index (χ0v) is 16.0. The summed E-state index contributed by atoms with van der Waals surface area (Å²) in [7, 11) is 0. The molecule has 1 aliphatic heterocycles. The molecule has 1 fully saturated rings. The van der Waals surface area contributed by atoms with Crippen LogP contribution in [0.3, 0.4) is 0 Å². The van der Waals surface area contributed by atoms with E-state index < -0.39 is 0 Å². The number of rotatable bonds is 4. The van der Waals surface area contributed by atoms with E-state index in [0.717, 1.165) is 26.2 Å². The van der Waals surface area contributed by atoms with Crippen LogP contribution in [-0.4, -0.2) is 42.1 Å². The van der Waals surface area contributed by atoms with E-state index in [1.54, 1.807) is 36.7 Å². The average molecular weight is 394 g/mol. The Morgan fingerprint density at radius 3 is 2.11 bits per heavy atom.